The minimum atomic E-state index is -4.64. The van der Waals surface area contributed by atoms with Crippen molar-refractivity contribution < 1.29 is 27.5 Å². The summed E-state index contributed by atoms with van der Waals surface area (Å²) in [7, 11) is 1.48. The van der Waals surface area contributed by atoms with Crippen molar-refractivity contribution in [2.24, 2.45) is 5.92 Å². The number of carbonyl (C=O) groups is 2. The molecule has 1 aliphatic carbocycles. The number of amides is 1. The van der Waals surface area contributed by atoms with Crippen LogP contribution in [0.3, 0.4) is 0 Å². The van der Waals surface area contributed by atoms with Crippen LogP contribution in [0.5, 0.6) is 5.75 Å². The Morgan fingerprint density at radius 1 is 1.22 bits per heavy atom. The molecule has 0 saturated heterocycles. The van der Waals surface area contributed by atoms with E-state index in [1.807, 2.05) is 10.9 Å². The third kappa shape index (κ3) is 4.44. The molecule has 0 bridgehead atoms. The number of halogens is 3. The van der Waals surface area contributed by atoms with Crippen molar-refractivity contribution in [3.05, 3.63) is 47.9 Å². The molecule has 0 radical (unpaired) electrons. The van der Waals surface area contributed by atoms with Gasteiger partial charge in [0.05, 0.1) is 13.2 Å². The van der Waals surface area contributed by atoms with Crippen molar-refractivity contribution in [3.63, 3.8) is 0 Å². The summed E-state index contributed by atoms with van der Waals surface area (Å²) in [5.41, 5.74) is -0.520. The van der Waals surface area contributed by atoms with E-state index in [1.165, 1.54) is 13.2 Å². The highest BCUT2D eigenvalue weighted by atomic mass is 19.4. The number of aldehydes is 1. The number of nitrogens with one attached hydrogen (secondary N) is 1. The van der Waals surface area contributed by atoms with Gasteiger partial charge in [0.15, 0.2) is 0 Å². The van der Waals surface area contributed by atoms with Crippen LogP contribution < -0.4 is 10.1 Å². The molecule has 168 valence electrons. The van der Waals surface area contributed by atoms with E-state index in [0.717, 1.165) is 44.1 Å². The zero-order valence-electron chi connectivity index (χ0n) is 17.2. The van der Waals surface area contributed by atoms with Gasteiger partial charge in [0.2, 0.25) is 0 Å². The molecule has 0 aliphatic heterocycles. The number of aromatic nitrogens is 3. The van der Waals surface area contributed by atoms with Gasteiger partial charge in [0.1, 0.15) is 28.9 Å². The predicted octanol–water partition coefficient (Wildman–Crippen LogP) is 4.64. The predicted molar refractivity (Wildman–Crippen MR) is 111 cm³/mol. The molecule has 32 heavy (non-hydrogen) atoms. The zero-order chi connectivity index (χ0) is 22.9. The van der Waals surface area contributed by atoms with Gasteiger partial charge in [0.25, 0.3) is 5.91 Å². The van der Waals surface area contributed by atoms with E-state index in [-0.39, 0.29) is 17.7 Å². The number of nitrogens with zero attached hydrogens (tertiary/aromatic N) is 3. The summed E-state index contributed by atoms with van der Waals surface area (Å²) in [4.78, 5) is 26.9. The Kier molecular flexibility index (Phi) is 5.86. The lowest BCUT2D eigenvalue weighted by Crippen LogP contribution is -2.19. The van der Waals surface area contributed by atoms with Gasteiger partial charge in [-0.2, -0.15) is 18.3 Å². The van der Waals surface area contributed by atoms with Crippen molar-refractivity contribution >= 4 is 28.8 Å². The highest BCUT2D eigenvalue weighted by Gasteiger charge is 2.33. The summed E-state index contributed by atoms with van der Waals surface area (Å²) < 4.78 is 45.9. The molecule has 1 saturated carbocycles. The van der Waals surface area contributed by atoms with Gasteiger partial charge in [-0.3, -0.25) is 9.48 Å². The smallest absolute Gasteiger partial charge is 0.433 e. The van der Waals surface area contributed by atoms with Crippen LogP contribution in [0, 0.1) is 5.92 Å². The van der Waals surface area contributed by atoms with Crippen LogP contribution in [-0.2, 0) is 11.0 Å². The summed E-state index contributed by atoms with van der Waals surface area (Å²) in [6.07, 6.45) is 1.52. The second-order valence-electron chi connectivity index (χ2n) is 7.79. The van der Waals surface area contributed by atoms with Crippen molar-refractivity contribution in [2.75, 3.05) is 12.4 Å². The van der Waals surface area contributed by atoms with Crippen LogP contribution in [-0.4, -0.2) is 34.1 Å². The molecule has 0 unspecified atom stereocenters. The minimum absolute atomic E-state index is 0.0945. The Hall–Kier alpha value is -3.43. The Labute approximate surface area is 181 Å². The van der Waals surface area contributed by atoms with Crippen LogP contribution >= 0.6 is 0 Å². The van der Waals surface area contributed by atoms with Crippen LogP contribution in [0.25, 0.3) is 10.9 Å². The molecule has 10 heteroatoms. The molecule has 7 nitrogen and oxygen atoms in total. The molecule has 3 aromatic rings. The van der Waals surface area contributed by atoms with Crippen molar-refractivity contribution in [2.45, 2.75) is 37.9 Å². The lowest BCUT2D eigenvalue weighted by molar-refractivity contribution is -0.141. The molecular weight excluding hydrogens is 425 g/mol. The van der Waals surface area contributed by atoms with Crippen LogP contribution in [0.2, 0.25) is 0 Å². The molecule has 0 atom stereocenters. The molecule has 2 aromatic heterocycles. The zero-order valence-corrected chi connectivity index (χ0v) is 17.2. The summed E-state index contributed by atoms with van der Waals surface area (Å²) >= 11 is 0. The summed E-state index contributed by atoms with van der Waals surface area (Å²) in [6.45, 7) is 0. The maximum absolute atomic E-state index is 12.9. The van der Waals surface area contributed by atoms with E-state index >= 15 is 0 Å². The molecule has 2 heterocycles. The largest absolute Gasteiger partial charge is 0.494 e. The molecule has 1 amide bonds. The van der Waals surface area contributed by atoms with Gasteiger partial charge in [-0.25, -0.2) is 4.98 Å². The van der Waals surface area contributed by atoms with Crippen molar-refractivity contribution in [1.29, 1.82) is 0 Å². The Morgan fingerprint density at radius 2 is 1.97 bits per heavy atom. The number of methoxy groups -OCH3 is 1. The Bertz CT molecular complexity index is 1150. The average Bonchev–Trinajstić information content (AvgIpc) is 3.22. The summed E-state index contributed by atoms with van der Waals surface area (Å²) in [5, 5.41) is 7.93. The standard InChI is InChI=1S/C22H21F3N4O3/c1-32-18-10-15(26-21(31)17-3-2-4-19(27-17)22(23,24)25)9-14-11-29(28-20(14)18)16-7-5-13(12-30)6-8-16/h2-4,9-13,16H,5-8H2,1H3,(H,26,31)/t13-,16-. The number of alkyl halides is 3. The van der Waals surface area contributed by atoms with Gasteiger partial charge in [-0.05, 0) is 43.9 Å². The minimum Gasteiger partial charge on any atom is -0.494 e. The fraction of sp³-hybridized carbons (Fsp3) is 0.364. The Morgan fingerprint density at radius 3 is 2.62 bits per heavy atom. The van der Waals surface area contributed by atoms with E-state index < -0.39 is 17.8 Å². The van der Waals surface area contributed by atoms with E-state index in [9.17, 15) is 22.8 Å². The number of rotatable bonds is 5. The number of pyridine rings is 1. The number of benzene rings is 1. The number of fused-ring (bicyclic) bond motifs is 1. The normalized spacial score (nSPS) is 19.0. The van der Waals surface area contributed by atoms with Crippen molar-refractivity contribution in [1.82, 2.24) is 14.8 Å². The maximum Gasteiger partial charge on any atom is 0.433 e. The molecule has 1 aliphatic rings. The second kappa shape index (κ2) is 8.60. The first-order valence-electron chi connectivity index (χ1n) is 10.2. The third-order valence-electron chi connectivity index (χ3n) is 5.65. The molecule has 4 rings (SSSR count). The fourth-order valence-electron chi connectivity index (χ4n) is 3.95. The molecule has 1 fully saturated rings. The van der Waals surface area contributed by atoms with Crippen molar-refractivity contribution in [3.8, 4) is 5.75 Å². The summed E-state index contributed by atoms with van der Waals surface area (Å²) in [6, 6.07) is 6.57. The number of ether oxygens (including phenoxy) is 1. The highest BCUT2D eigenvalue weighted by molar-refractivity contribution is 6.04. The number of anilines is 1. The number of carbonyl (C=O) groups excluding carboxylic acids is 2. The maximum atomic E-state index is 12.9. The molecule has 1 aromatic carbocycles. The van der Waals surface area contributed by atoms with Crippen LogP contribution in [0.4, 0.5) is 18.9 Å². The highest BCUT2D eigenvalue weighted by Crippen LogP contribution is 2.35. The monoisotopic (exact) mass is 446 g/mol. The van der Waals surface area contributed by atoms with Gasteiger partial charge in [0, 0.05) is 29.3 Å². The fourth-order valence-corrected chi connectivity index (χ4v) is 3.95. The summed E-state index contributed by atoms with van der Waals surface area (Å²) in [5.74, 6) is -0.246. The first-order chi connectivity index (χ1) is 15.3. The van der Waals surface area contributed by atoms with E-state index in [2.05, 4.69) is 15.4 Å². The quantitative estimate of drug-likeness (QED) is 0.577. The molecule has 0 spiro atoms. The topological polar surface area (TPSA) is 86.1 Å². The van der Waals surface area contributed by atoms with Crippen LogP contribution in [0.1, 0.15) is 47.9 Å². The first-order valence-corrected chi connectivity index (χ1v) is 10.2. The van der Waals surface area contributed by atoms with Gasteiger partial charge in [-0.15, -0.1) is 0 Å². The molecular formula is C22H21F3N4O3. The lowest BCUT2D eigenvalue weighted by atomic mass is 9.87. The van der Waals surface area contributed by atoms with E-state index in [0.29, 0.717) is 22.3 Å². The number of hydrogen-bond acceptors (Lipinski definition) is 5. The lowest BCUT2D eigenvalue weighted by Gasteiger charge is -2.25. The van der Waals surface area contributed by atoms with Gasteiger partial charge >= 0.3 is 6.18 Å². The second-order valence-corrected chi connectivity index (χ2v) is 7.79. The SMILES string of the molecule is COc1cc(NC(=O)c2cccc(C(F)(F)F)n2)cc2cn([C@H]3CC[C@H](C=O)CC3)nc12. The molecule has 1 N–H and O–H groups in total. The van der Waals surface area contributed by atoms with E-state index in [1.54, 1.807) is 12.1 Å². The van der Waals surface area contributed by atoms with Gasteiger partial charge in [-0.1, -0.05) is 6.07 Å². The number of hydrogen-bond donors (Lipinski definition) is 1. The van der Waals surface area contributed by atoms with Crippen LogP contribution in [0.15, 0.2) is 36.5 Å². The van der Waals surface area contributed by atoms with E-state index in [4.69, 9.17) is 4.74 Å². The first kappa shape index (κ1) is 21.8. The third-order valence-corrected chi connectivity index (χ3v) is 5.65. The Balaban J connectivity index is 1.58. The average molecular weight is 446 g/mol. The van der Waals surface area contributed by atoms with Gasteiger partial charge < -0.3 is 14.8 Å².